The SMILES string of the molecule is Cc1nccn1-c1ccc(N2CCN(S(C)(=O)=O)CC2)nn1. The van der Waals surface area contributed by atoms with Crippen LogP contribution in [-0.2, 0) is 10.0 Å². The lowest BCUT2D eigenvalue weighted by Gasteiger charge is -2.33. The monoisotopic (exact) mass is 322 g/mol. The molecule has 22 heavy (non-hydrogen) atoms. The second-order valence-electron chi connectivity index (χ2n) is 5.24. The summed E-state index contributed by atoms with van der Waals surface area (Å²) in [7, 11) is -3.11. The van der Waals surface area contributed by atoms with E-state index < -0.39 is 10.0 Å². The third-order valence-corrected chi connectivity index (χ3v) is 5.04. The largest absolute Gasteiger partial charge is 0.352 e. The number of piperazine rings is 1. The molecule has 1 aliphatic rings. The molecule has 0 atom stereocenters. The number of imidazole rings is 1. The maximum atomic E-state index is 11.5. The minimum absolute atomic E-state index is 0.475. The fourth-order valence-corrected chi connectivity index (χ4v) is 3.31. The van der Waals surface area contributed by atoms with Crippen LogP contribution < -0.4 is 4.90 Å². The molecule has 0 aliphatic carbocycles. The molecule has 2 aromatic heterocycles. The number of hydrogen-bond donors (Lipinski definition) is 0. The molecular formula is C13H18N6O2S. The van der Waals surface area contributed by atoms with Crippen LogP contribution in [-0.4, -0.2) is 64.9 Å². The second kappa shape index (κ2) is 5.65. The zero-order chi connectivity index (χ0) is 15.7. The fourth-order valence-electron chi connectivity index (χ4n) is 2.48. The summed E-state index contributed by atoms with van der Waals surface area (Å²) < 4.78 is 26.4. The van der Waals surface area contributed by atoms with E-state index in [1.54, 1.807) is 6.20 Å². The van der Waals surface area contributed by atoms with Crippen molar-refractivity contribution in [2.45, 2.75) is 6.92 Å². The molecule has 118 valence electrons. The molecule has 1 aliphatic heterocycles. The van der Waals surface area contributed by atoms with Gasteiger partial charge in [0.05, 0.1) is 6.26 Å². The maximum Gasteiger partial charge on any atom is 0.211 e. The number of anilines is 1. The fraction of sp³-hybridized carbons (Fsp3) is 0.462. The second-order valence-corrected chi connectivity index (χ2v) is 7.23. The zero-order valence-electron chi connectivity index (χ0n) is 12.5. The minimum atomic E-state index is -3.11. The molecule has 1 fully saturated rings. The van der Waals surface area contributed by atoms with Crippen molar-refractivity contribution in [3.05, 3.63) is 30.4 Å². The minimum Gasteiger partial charge on any atom is -0.352 e. The highest BCUT2D eigenvalue weighted by Crippen LogP contribution is 2.15. The van der Waals surface area contributed by atoms with Crippen molar-refractivity contribution in [3.63, 3.8) is 0 Å². The third kappa shape index (κ3) is 2.95. The first-order valence-corrected chi connectivity index (χ1v) is 8.84. The smallest absolute Gasteiger partial charge is 0.211 e. The van der Waals surface area contributed by atoms with E-state index in [4.69, 9.17) is 0 Å². The Morgan fingerprint density at radius 2 is 1.68 bits per heavy atom. The standard InChI is InChI=1S/C13H18N6O2S/c1-11-14-5-6-19(11)13-4-3-12(15-16-13)17-7-9-18(10-8-17)22(2,20)21/h3-6H,7-10H2,1-2H3. The summed E-state index contributed by atoms with van der Waals surface area (Å²) in [6.45, 7) is 4.09. The molecule has 9 heteroatoms. The van der Waals surface area contributed by atoms with Crippen LogP contribution in [0.3, 0.4) is 0 Å². The topological polar surface area (TPSA) is 84.2 Å². The number of rotatable bonds is 3. The Bertz CT molecular complexity index is 747. The Morgan fingerprint density at radius 3 is 2.18 bits per heavy atom. The Morgan fingerprint density at radius 1 is 1.05 bits per heavy atom. The molecule has 3 rings (SSSR count). The van der Waals surface area contributed by atoms with Crippen LogP contribution in [0.5, 0.6) is 0 Å². The van der Waals surface area contributed by atoms with Gasteiger partial charge in [0.2, 0.25) is 10.0 Å². The van der Waals surface area contributed by atoms with Gasteiger partial charge in [0.25, 0.3) is 0 Å². The van der Waals surface area contributed by atoms with Crippen LogP contribution >= 0.6 is 0 Å². The van der Waals surface area contributed by atoms with Gasteiger partial charge < -0.3 is 4.90 Å². The summed E-state index contributed by atoms with van der Waals surface area (Å²) in [5, 5.41) is 8.47. The van der Waals surface area contributed by atoms with Gasteiger partial charge in [-0.25, -0.2) is 13.4 Å². The predicted octanol–water partition coefficient (Wildman–Crippen LogP) is 0.0523. The van der Waals surface area contributed by atoms with E-state index in [-0.39, 0.29) is 0 Å². The number of sulfonamides is 1. The summed E-state index contributed by atoms with van der Waals surface area (Å²) in [5.74, 6) is 2.33. The van der Waals surface area contributed by atoms with Gasteiger partial charge in [-0.3, -0.25) is 4.57 Å². The number of aryl methyl sites for hydroxylation is 1. The van der Waals surface area contributed by atoms with Crippen molar-refractivity contribution >= 4 is 15.8 Å². The van der Waals surface area contributed by atoms with E-state index in [1.165, 1.54) is 10.6 Å². The van der Waals surface area contributed by atoms with Gasteiger partial charge in [-0.2, -0.15) is 4.31 Å². The molecule has 1 saturated heterocycles. The molecule has 0 spiro atoms. The molecule has 0 bridgehead atoms. The van der Waals surface area contributed by atoms with Gasteiger partial charge in [-0.15, -0.1) is 10.2 Å². The van der Waals surface area contributed by atoms with Gasteiger partial charge in [0, 0.05) is 38.6 Å². The van der Waals surface area contributed by atoms with Crippen LogP contribution in [0.25, 0.3) is 5.82 Å². The summed E-state index contributed by atoms with van der Waals surface area (Å²) in [4.78, 5) is 6.20. The Labute approximate surface area is 129 Å². The molecule has 0 unspecified atom stereocenters. The van der Waals surface area contributed by atoms with Gasteiger partial charge in [-0.1, -0.05) is 0 Å². The van der Waals surface area contributed by atoms with Crippen molar-refractivity contribution in [1.29, 1.82) is 0 Å². The van der Waals surface area contributed by atoms with E-state index in [0.717, 1.165) is 11.6 Å². The number of aromatic nitrogens is 4. The Balaban J connectivity index is 1.71. The molecule has 3 heterocycles. The molecule has 0 amide bonds. The van der Waals surface area contributed by atoms with E-state index >= 15 is 0 Å². The lowest BCUT2D eigenvalue weighted by atomic mass is 10.3. The van der Waals surface area contributed by atoms with E-state index in [2.05, 4.69) is 15.2 Å². The average molecular weight is 322 g/mol. The van der Waals surface area contributed by atoms with Crippen LogP contribution in [0.2, 0.25) is 0 Å². The molecule has 0 saturated carbocycles. The lowest BCUT2D eigenvalue weighted by molar-refractivity contribution is 0.386. The summed E-state index contributed by atoms with van der Waals surface area (Å²) in [6.07, 6.45) is 4.80. The predicted molar refractivity (Wildman–Crippen MR) is 82.5 cm³/mol. The number of nitrogens with zero attached hydrogens (tertiary/aromatic N) is 6. The van der Waals surface area contributed by atoms with Crippen molar-refractivity contribution in [2.75, 3.05) is 37.3 Å². The highest BCUT2D eigenvalue weighted by Gasteiger charge is 2.24. The van der Waals surface area contributed by atoms with Gasteiger partial charge in [-0.05, 0) is 19.1 Å². The van der Waals surface area contributed by atoms with Gasteiger partial charge in [0.15, 0.2) is 11.6 Å². The quantitative estimate of drug-likeness (QED) is 0.794. The van der Waals surface area contributed by atoms with Crippen molar-refractivity contribution < 1.29 is 8.42 Å². The molecule has 2 aromatic rings. The molecule has 0 radical (unpaired) electrons. The zero-order valence-corrected chi connectivity index (χ0v) is 13.4. The van der Waals surface area contributed by atoms with Crippen LogP contribution in [0.15, 0.2) is 24.5 Å². The molecular weight excluding hydrogens is 304 g/mol. The van der Waals surface area contributed by atoms with Crippen LogP contribution in [0, 0.1) is 6.92 Å². The van der Waals surface area contributed by atoms with Crippen LogP contribution in [0.1, 0.15) is 5.82 Å². The van der Waals surface area contributed by atoms with Crippen molar-refractivity contribution in [2.24, 2.45) is 0 Å². The van der Waals surface area contributed by atoms with E-state index in [1.807, 2.05) is 34.7 Å². The first-order valence-electron chi connectivity index (χ1n) is 6.99. The van der Waals surface area contributed by atoms with Crippen molar-refractivity contribution in [3.8, 4) is 5.82 Å². The van der Waals surface area contributed by atoms with Gasteiger partial charge >= 0.3 is 0 Å². The first kappa shape index (κ1) is 14.9. The molecule has 8 nitrogen and oxygen atoms in total. The summed E-state index contributed by atoms with van der Waals surface area (Å²) in [5.41, 5.74) is 0. The highest BCUT2D eigenvalue weighted by molar-refractivity contribution is 7.88. The summed E-state index contributed by atoms with van der Waals surface area (Å²) in [6, 6.07) is 3.79. The lowest BCUT2D eigenvalue weighted by Crippen LogP contribution is -2.48. The van der Waals surface area contributed by atoms with E-state index in [0.29, 0.717) is 32.0 Å². The summed E-state index contributed by atoms with van der Waals surface area (Å²) >= 11 is 0. The normalized spacial score (nSPS) is 16.9. The maximum absolute atomic E-state index is 11.5. The molecule has 0 N–H and O–H groups in total. The highest BCUT2D eigenvalue weighted by atomic mass is 32.2. The average Bonchev–Trinajstić information content (AvgIpc) is 2.93. The van der Waals surface area contributed by atoms with E-state index in [9.17, 15) is 8.42 Å². The van der Waals surface area contributed by atoms with Crippen molar-refractivity contribution in [1.82, 2.24) is 24.1 Å². The Hall–Kier alpha value is -2.00. The first-order chi connectivity index (χ1) is 10.4. The Kier molecular flexibility index (Phi) is 3.83. The number of hydrogen-bond acceptors (Lipinski definition) is 6. The van der Waals surface area contributed by atoms with Crippen LogP contribution in [0.4, 0.5) is 5.82 Å². The third-order valence-electron chi connectivity index (χ3n) is 3.74. The molecule has 0 aromatic carbocycles. The van der Waals surface area contributed by atoms with Gasteiger partial charge in [0.1, 0.15) is 5.82 Å².